The first-order chi connectivity index (χ1) is 12.8. The van der Waals surface area contributed by atoms with Crippen molar-refractivity contribution in [1.29, 1.82) is 0 Å². The van der Waals surface area contributed by atoms with E-state index >= 15 is 0 Å². The van der Waals surface area contributed by atoms with Gasteiger partial charge in [-0.1, -0.05) is 0 Å². The van der Waals surface area contributed by atoms with Crippen molar-refractivity contribution in [3.8, 4) is 11.5 Å². The molecule has 0 saturated carbocycles. The maximum absolute atomic E-state index is 12.9. The number of benzene rings is 1. The zero-order valence-electron chi connectivity index (χ0n) is 15.0. The third-order valence-electron chi connectivity index (χ3n) is 5.63. The molecule has 1 fully saturated rings. The smallest absolute Gasteiger partial charge is 0.340 e. The van der Waals surface area contributed by atoms with Crippen LogP contribution in [-0.2, 0) is 14.9 Å². The Balaban J connectivity index is 1.95. The summed E-state index contributed by atoms with van der Waals surface area (Å²) < 4.78 is 11.8. The number of carbonyl (C=O) groups excluding carboxylic acids is 2. The lowest BCUT2D eigenvalue weighted by atomic mass is 9.68. The predicted octanol–water partition coefficient (Wildman–Crippen LogP) is 1.88. The summed E-state index contributed by atoms with van der Waals surface area (Å²) >= 11 is 3.37. The number of aliphatic hydroxyl groups is 1. The van der Waals surface area contributed by atoms with Gasteiger partial charge in [-0.25, -0.2) is 4.79 Å². The second-order valence-corrected chi connectivity index (χ2v) is 8.16. The summed E-state index contributed by atoms with van der Waals surface area (Å²) in [7, 11) is 1.90. The highest BCUT2D eigenvalue weighted by Crippen LogP contribution is 2.60. The number of likely N-dealkylation sites (tertiary alicyclic amines) is 1. The van der Waals surface area contributed by atoms with Gasteiger partial charge in [-0.05, 0) is 35.3 Å². The number of rotatable bonds is 3. The van der Waals surface area contributed by atoms with Crippen LogP contribution in [-0.4, -0.2) is 59.3 Å². The largest absolute Gasteiger partial charge is 0.504 e. The monoisotopic (exact) mass is 437 g/mol. The first kappa shape index (κ1) is 18.3. The highest BCUT2D eigenvalue weighted by molar-refractivity contribution is 9.10. The van der Waals surface area contributed by atoms with Crippen LogP contribution >= 0.6 is 15.9 Å². The van der Waals surface area contributed by atoms with Crippen molar-refractivity contribution in [3.05, 3.63) is 33.4 Å². The molecule has 8 heteroatoms. The van der Waals surface area contributed by atoms with E-state index < -0.39 is 23.6 Å². The van der Waals surface area contributed by atoms with E-state index in [9.17, 15) is 19.8 Å². The first-order valence-corrected chi connectivity index (χ1v) is 9.59. The molecule has 3 aliphatic rings. The quantitative estimate of drug-likeness (QED) is 0.696. The molecule has 1 spiro atoms. The number of phenols is 1. The molecule has 27 heavy (non-hydrogen) atoms. The van der Waals surface area contributed by atoms with Crippen LogP contribution in [0.2, 0.25) is 0 Å². The van der Waals surface area contributed by atoms with E-state index in [1.807, 2.05) is 11.9 Å². The number of halogens is 1. The molecule has 0 bridgehead atoms. The van der Waals surface area contributed by atoms with Gasteiger partial charge in [-0.15, -0.1) is 0 Å². The van der Waals surface area contributed by atoms with Crippen LogP contribution in [0.5, 0.6) is 11.5 Å². The number of ketones is 1. The summed E-state index contributed by atoms with van der Waals surface area (Å²) in [6.45, 7) is 2.00. The summed E-state index contributed by atoms with van der Waals surface area (Å²) in [6, 6.07) is 1.40. The molecule has 2 heterocycles. The normalized spacial score (nSPS) is 26.7. The highest BCUT2D eigenvalue weighted by atomic mass is 79.9. The predicted molar refractivity (Wildman–Crippen MR) is 98.8 cm³/mol. The minimum absolute atomic E-state index is 0.0382. The van der Waals surface area contributed by atoms with Crippen LogP contribution in [0, 0.1) is 0 Å². The fraction of sp³-hybridized carbons (Fsp3) is 0.474. The number of carbonyl (C=O) groups is 2. The number of esters is 1. The maximum Gasteiger partial charge on any atom is 0.340 e. The van der Waals surface area contributed by atoms with Crippen LogP contribution < -0.4 is 4.74 Å². The van der Waals surface area contributed by atoms with Crippen molar-refractivity contribution in [3.63, 3.8) is 0 Å². The molecular formula is C19H20BrNO6. The summed E-state index contributed by atoms with van der Waals surface area (Å²) in [5.74, 6) is -0.510. The number of nitrogens with zero attached hydrogens (tertiary/aromatic N) is 1. The third kappa shape index (κ3) is 2.50. The molecule has 1 aromatic carbocycles. The lowest BCUT2D eigenvalue weighted by Gasteiger charge is -2.35. The van der Waals surface area contributed by atoms with E-state index in [-0.39, 0.29) is 35.9 Å². The molecule has 0 aromatic heterocycles. The number of fused-ring (bicyclic) bond motifs is 1. The van der Waals surface area contributed by atoms with E-state index in [2.05, 4.69) is 15.9 Å². The average molecular weight is 438 g/mol. The van der Waals surface area contributed by atoms with Crippen molar-refractivity contribution < 1.29 is 29.3 Å². The van der Waals surface area contributed by atoms with Crippen molar-refractivity contribution in [2.45, 2.75) is 37.4 Å². The Hall–Kier alpha value is -2.06. The summed E-state index contributed by atoms with van der Waals surface area (Å²) in [4.78, 5) is 27.1. The lowest BCUT2D eigenvalue weighted by molar-refractivity contribution is -0.117. The standard InChI is InChI=1S/C19H20BrNO6/c1-9(8-22)26-18(25)15-11(20)7-12(24)17-16(15)19-3-4-21(2)13(19)5-10(23)6-14(19)27-17/h5,7,9,14,22,24H,3-4,6,8H2,1-2H3. The molecule has 1 aromatic rings. The van der Waals surface area contributed by atoms with Crippen LogP contribution in [0.25, 0.3) is 0 Å². The van der Waals surface area contributed by atoms with Crippen LogP contribution in [0.3, 0.4) is 0 Å². The number of hydrogen-bond acceptors (Lipinski definition) is 7. The number of likely N-dealkylation sites (N-methyl/N-ethyl adjacent to an activating group) is 1. The Bertz CT molecular complexity index is 881. The van der Waals surface area contributed by atoms with Crippen LogP contribution in [0.15, 0.2) is 22.3 Å². The molecule has 3 atom stereocenters. The zero-order valence-corrected chi connectivity index (χ0v) is 16.6. The number of aliphatic hydroxyl groups excluding tert-OH is 1. The number of aromatic hydroxyl groups is 1. The van der Waals surface area contributed by atoms with Crippen molar-refractivity contribution in [1.82, 2.24) is 4.90 Å². The van der Waals surface area contributed by atoms with E-state index in [4.69, 9.17) is 9.47 Å². The Kier molecular flexibility index (Phi) is 4.23. The molecule has 2 aliphatic heterocycles. The SMILES string of the molecule is CC(CO)OC(=O)c1c(Br)cc(O)c2c1C13CCN(C)C1=CC(=O)CC3O2. The van der Waals surface area contributed by atoms with E-state index in [0.717, 1.165) is 5.70 Å². The molecule has 1 aliphatic carbocycles. The van der Waals surface area contributed by atoms with Gasteiger partial charge in [0.05, 0.1) is 17.6 Å². The fourth-order valence-electron chi connectivity index (χ4n) is 4.41. The molecule has 3 unspecified atom stereocenters. The van der Waals surface area contributed by atoms with E-state index in [1.165, 1.54) is 6.07 Å². The highest BCUT2D eigenvalue weighted by Gasteiger charge is 2.60. The van der Waals surface area contributed by atoms with Gasteiger partial charge in [-0.3, -0.25) is 4.79 Å². The van der Waals surface area contributed by atoms with Crippen LogP contribution in [0.1, 0.15) is 35.7 Å². The topological polar surface area (TPSA) is 96.3 Å². The zero-order chi connectivity index (χ0) is 19.5. The number of ether oxygens (including phenoxy) is 2. The number of phenolic OH excluding ortho intramolecular Hbond substituents is 1. The number of allylic oxidation sites excluding steroid dienone is 1. The van der Waals surface area contributed by atoms with Crippen LogP contribution in [0.4, 0.5) is 0 Å². The third-order valence-corrected chi connectivity index (χ3v) is 6.26. The minimum Gasteiger partial charge on any atom is -0.504 e. The van der Waals surface area contributed by atoms with Gasteiger partial charge in [0.15, 0.2) is 17.3 Å². The van der Waals surface area contributed by atoms with E-state index in [0.29, 0.717) is 23.0 Å². The molecule has 4 rings (SSSR count). The molecule has 7 nitrogen and oxygen atoms in total. The number of hydrogen-bond donors (Lipinski definition) is 2. The summed E-state index contributed by atoms with van der Waals surface area (Å²) in [5.41, 5.74) is 0.929. The lowest BCUT2D eigenvalue weighted by Crippen LogP contribution is -2.44. The Morgan fingerprint density at radius 2 is 2.30 bits per heavy atom. The minimum atomic E-state index is -0.684. The summed E-state index contributed by atoms with van der Waals surface area (Å²) in [6.07, 6.45) is 1.31. The van der Waals surface area contributed by atoms with Gasteiger partial charge in [0.2, 0.25) is 0 Å². The van der Waals surface area contributed by atoms with Gasteiger partial charge in [0.25, 0.3) is 0 Å². The van der Waals surface area contributed by atoms with Crippen molar-refractivity contribution in [2.75, 3.05) is 20.2 Å². The fourth-order valence-corrected chi connectivity index (χ4v) is 4.98. The first-order valence-electron chi connectivity index (χ1n) is 8.80. The second-order valence-electron chi connectivity index (χ2n) is 7.30. The molecule has 1 saturated heterocycles. The molecule has 2 N–H and O–H groups in total. The van der Waals surface area contributed by atoms with E-state index in [1.54, 1.807) is 13.0 Å². The Morgan fingerprint density at radius 1 is 1.56 bits per heavy atom. The molecule has 0 radical (unpaired) electrons. The second kappa shape index (κ2) is 6.24. The molecule has 144 valence electrons. The van der Waals surface area contributed by atoms with Crippen molar-refractivity contribution in [2.24, 2.45) is 0 Å². The van der Waals surface area contributed by atoms with Gasteiger partial charge in [-0.2, -0.15) is 0 Å². The van der Waals surface area contributed by atoms with Gasteiger partial charge in [0, 0.05) is 41.8 Å². The van der Waals surface area contributed by atoms with Gasteiger partial charge >= 0.3 is 5.97 Å². The molecular weight excluding hydrogens is 418 g/mol. The molecule has 0 amide bonds. The van der Waals surface area contributed by atoms with Gasteiger partial charge < -0.3 is 24.6 Å². The average Bonchev–Trinajstić information content (AvgIpc) is 3.11. The summed E-state index contributed by atoms with van der Waals surface area (Å²) in [5, 5.41) is 19.7. The maximum atomic E-state index is 12.9. The Morgan fingerprint density at radius 3 is 3.00 bits per heavy atom. The Labute approximate surface area is 164 Å². The van der Waals surface area contributed by atoms with Crippen molar-refractivity contribution >= 4 is 27.7 Å². The van der Waals surface area contributed by atoms with Gasteiger partial charge in [0.1, 0.15) is 12.2 Å².